The SMILES string of the molecule is COc1ccccc1CC(=O)NC1CCc2nnc(Cc3ccccc3)n2C1. The number of hydrogen-bond donors (Lipinski definition) is 1. The molecule has 0 saturated carbocycles. The van der Waals surface area contributed by atoms with E-state index in [9.17, 15) is 4.79 Å². The lowest BCUT2D eigenvalue weighted by Crippen LogP contribution is -2.42. The molecule has 0 radical (unpaired) electrons. The molecular weight excluding hydrogens is 352 g/mol. The van der Waals surface area contributed by atoms with Crippen molar-refractivity contribution in [2.24, 2.45) is 0 Å². The fourth-order valence-electron chi connectivity index (χ4n) is 3.71. The molecule has 144 valence electrons. The van der Waals surface area contributed by atoms with E-state index >= 15 is 0 Å². The predicted molar refractivity (Wildman–Crippen MR) is 106 cm³/mol. The molecule has 6 nitrogen and oxygen atoms in total. The summed E-state index contributed by atoms with van der Waals surface area (Å²) in [5.74, 6) is 2.70. The smallest absolute Gasteiger partial charge is 0.224 e. The molecule has 3 aromatic rings. The van der Waals surface area contributed by atoms with Crippen LogP contribution in [0.2, 0.25) is 0 Å². The molecule has 28 heavy (non-hydrogen) atoms. The third-order valence-corrected chi connectivity index (χ3v) is 5.14. The Labute approximate surface area is 164 Å². The first-order valence-corrected chi connectivity index (χ1v) is 9.59. The molecular formula is C22H24N4O2. The van der Waals surface area contributed by atoms with Crippen LogP contribution in [0.1, 0.15) is 29.2 Å². The van der Waals surface area contributed by atoms with Crippen molar-refractivity contribution in [3.05, 3.63) is 77.4 Å². The minimum atomic E-state index is 0.00985. The van der Waals surface area contributed by atoms with Crippen molar-refractivity contribution in [3.63, 3.8) is 0 Å². The number of amides is 1. The average Bonchev–Trinajstić information content (AvgIpc) is 3.11. The first-order chi connectivity index (χ1) is 13.7. The minimum Gasteiger partial charge on any atom is -0.496 e. The summed E-state index contributed by atoms with van der Waals surface area (Å²) in [7, 11) is 1.62. The second-order valence-electron chi connectivity index (χ2n) is 7.10. The molecule has 1 aliphatic rings. The molecule has 1 unspecified atom stereocenters. The van der Waals surface area contributed by atoms with E-state index in [0.717, 1.165) is 42.2 Å². The highest BCUT2D eigenvalue weighted by Gasteiger charge is 2.24. The van der Waals surface area contributed by atoms with Crippen molar-refractivity contribution in [1.82, 2.24) is 20.1 Å². The van der Waals surface area contributed by atoms with Crippen LogP contribution in [-0.2, 0) is 30.6 Å². The van der Waals surface area contributed by atoms with Crippen molar-refractivity contribution in [2.45, 2.75) is 38.3 Å². The molecule has 1 aromatic heterocycles. The van der Waals surface area contributed by atoms with Crippen LogP contribution in [0.4, 0.5) is 0 Å². The number of benzene rings is 2. The number of aromatic nitrogens is 3. The van der Waals surface area contributed by atoms with Gasteiger partial charge >= 0.3 is 0 Å². The highest BCUT2D eigenvalue weighted by Crippen LogP contribution is 2.20. The first kappa shape index (κ1) is 18.2. The normalized spacial score (nSPS) is 15.7. The van der Waals surface area contributed by atoms with Crippen LogP contribution in [0.15, 0.2) is 54.6 Å². The Balaban J connectivity index is 1.41. The number of nitrogens with zero attached hydrogens (tertiary/aromatic N) is 3. The summed E-state index contributed by atoms with van der Waals surface area (Å²) in [5, 5.41) is 11.9. The second kappa shape index (κ2) is 8.25. The van der Waals surface area contributed by atoms with Crippen LogP contribution in [0.3, 0.4) is 0 Å². The Morgan fingerprint density at radius 1 is 1.14 bits per heavy atom. The quantitative estimate of drug-likeness (QED) is 0.718. The number of carbonyl (C=O) groups excluding carboxylic acids is 1. The highest BCUT2D eigenvalue weighted by molar-refractivity contribution is 5.79. The largest absolute Gasteiger partial charge is 0.496 e. The average molecular weight is 376 g/mol. The molecule has 2 heterocycles. The van der Waals surface area contributed by atoms with Crippen molar-refractivity contribution in [3.8, 4) is 5.75 Å². The Hall–Kier alpha value is -3.15. The molecule has 1 N–H and O–H groups in total. The topological polar surface area (TPSA) is 69.0 Å². The molecule has 0 aliphatic carbocycles. The number of fused-ring (bicyclic) bond motifs is 1. The van der Waals surface area contributed by atoms with Crippen LogP contribution in [-0.4, -0.2) is 33.8 Å². The second-order valence-corrected chi connectivity index (χ2v) is 7.10. The fourth-order valence-corrected chi connectivity index (χ4v) is 3.71. The summed E-state index contributed by atoms with van der Waals surface area (Å²) in [6.45, 7) is 0.710. The maximum atomic E-state index is 12.6. The van der Waals surface area contributed by atoms with Gasteiger partial charge in [0.05, 0.1) is 13.5 Å². The van der Waals surface area contributed by atoms with Gasteiger partial charge in [0.25, 0.3) is 0 Å². The van der Waals surface area contributed by atoms with E-state index in [2.05, 4.69) is 32.2 Å². The Morgan fingerprint density at radius 3 is 2.75 bits per heavy atom. The van der Waals surface area contributed by atoms with Gasteiger partial charge in [-0.25, -0.2) is 0 Å². The van der Waals surface area contributed by atoms with Crippen molar-refractivity contribution < 1.29 is 9.53 Å². The Kier molecular flexibility index (Phi) is 5.37. The van der Waals surface area contributed by atoms with Gasteiger partial charge in [0.2, 0.25) is 5.91 Å². The number of hydrogen-bond acceptors (Lipinski definition) is 4. The number of ether oxygens (including phenoxy) is 1. The molecule has 0 fully saturated rings. The summed E-state index contributed by atoms with van der Waals surface area (Å²) >= 11 is 0. The van der Waals surface area contributed by atoms with Gasteiger partial charge in [-0.15, -0.1) is 10.2 Å². The van der Waals surface area contributed by atoms with E-state index in [1.165, 1.54) is 5.56 Å². The molecule has 1 aliphatic heterocycles. The molecule has 2 aromatic carbocycles. The van der Waals surface area contributed by atoms with Crippen LogP contribution in [0.25, 0.3) is 0 Å². The van der Waals surface area contributed by atoms with Crippen molar-refractivity contribution in [1.29, 1.82) is 0 Å². The lowest BCUT2D eigenvalue weighted by molar-refractivity contribution is -0.121. The van der Waals surface area contributed by atoms with Gasteiger partial charge in [-0.3, -0.25) is 4.79 Å². The van der Waals surface area contributed by atoms with Gasteiger partial charge in [-0.1, -0.05) is 48.5 Å². The summed E-state index contributed by atoms with van der Waals surface area (Å²) < 4.78 is 7.50. The Bertz CT molecular complexity index is 952. The van der Waals surface area contributed by atoms with Crippen LogP contribution < -0.4 is 10.1 Å². The van der Waals surface area contributed by atoms with Crippen molar-refractivity contribution >= 4 is 5.91 Å². The molecule has 1 atom stereocenters. The monoisotopic (exact) mass is 376 g/mol. The van der Waals surface area contributed by atoms with E-state index < -0.39 is 0 Å². The zero-order chi connectivity index (χ0) is 19.3. The van der Waals surface area contributed by atoms with E-state index in [1.54, 1.807) is 7.11 Å². The molecule has 4 rings (SSSR count). The number of para-hydroxylation sites is 1. The summed E-state index contributed by atoms with van der Waals surface area (Å²) in [4.78, 5) is 12.6. The maximum absolute atomic E-state index is 12.6. The van der Waals surface area contributed by atoms with Crippen LogP contribution in [0.5, 0.6) is 5.75 Å². The zero-order valence-corrected chi connectivity index (χ0v) is 16.0. The number of methoxy groups -OCH3 is 1. The number of rotatable bonds is 6. The van der Waals surface area contributed by atoms with E-state index in [1.807, 2.05) is 42.5 Å². The summed E-state index contributed by atoms with van der Waals surface area (Å²) in [5.41, 5.74) is 2.10. The molecule has 0 bridgehead atoms. The summed E-state index contributed by atoms with van der Waals surface area (Å²) in [6, 6.07) is 18.0. The number of carbonyl (C=O) groups is 1. The predicted octanol–water partition coefficient (Wildman–Crippen LogP) is 2.55. The molecule has 0 saturated heterocycles. The van der Waals surface area contributed by atoms with Gasteiger partial charge < -0.3 is 14.6 Å². The first-order valence-electron chi connectivity index (χ1n) is 9.59. The third kappa shape index (κ3) is 4.06. The van der Waals surface area contributed by atoms with Gasteiger partial charge in [-0.2, -0.15) is 0 Å². The molecule has 0 spiro atoms. The molecule has 6 heteroatoms. The highest BCUT2D eigenvalue weighted by atomic mass is 16.5. The van der Waals surface area contributed by atoms with E-state index in [4.69, 9.17) is 4.74 Å². The standard InChI is InChI=1S/C22H24N4O2/c1-28-19-10-6-5-9-17(19)14-22(27)23-18-11-12-20-24-25-21(26(20)15-18)13-16-7-3-2-4-8-16/h2-10,18H,11-15H2,1H3,(H,23,27). The lowest BCUT2D eigenvalue weighted by Gasteiger charge is -2.25. The van der Waals surface area contributed by atoms with Gasteiger partial charge in [0.1, 0.15) is 17.4 Å². The maximum Gasteiger partial charge on any atom is 0.224 e. The number of nitrogens with one attached hydrogen (secondary N) is 1. The summed E-state index contributed by atoms with van der Waals surface area (Å²) in [6.07, 6.45) is 2.75. The fraction of sp³-hybridized carbons (Fsp3) is 0.318. The molecule has 1 amide bonds. The van der Waals surface area contributed by atoms with Gasteiger partial charge in [0.15, 0.2) is 0 Å². The lowest BCUT2D eigenvalue weighted by atomic mass is 10.1. The third-order valence-electron chi connectivity index (χ3n) is 5.14. The Morgan fingerprint density at radius 2 is 1.93 bits per heavy atom. The van der Waals surface area contributed by atoms with E-state index in [0.29, 0.717) is 13.0 Å². The van der Waals surface area contributed by atoms with Gasteiger partial charge in [0, 0.05) is 31.0 Å². The minimum absolute atomic E-state index is 0.00985. The van der Waals surface area contributed by atoms with Crippen LogP contribution >= 0.6 is 0 Å². The van der Waals surface area contributed by atoms with Crippen LogP contribution in [0, 0.1) is 0 Å². The van der Waals surface area contributed by atoms with Crippen molar-refractivity contribution in [2.75, 3.05) is 7.11 Å². The van der Waals surface area contributed by atoms with Gasteiger partial charge in [-0.05, 0) is 18.1 Å². The zero-order valence-electron chi connectivity index (χ0n) is 16.0. The van der Waals surface area contributed by atoms with E-state index in [-0.39, 0.29) is 11.9 Å². The number of aryl methyl sites for hydroxylation is 1.